The van der Waals surface area contributed by atoms with E-state index >= 15 is 0 Å². The molecule has 0 spiro atoms. The summed E-state index contributed by atoms with van der Waals surface area (Å²) in [7, 11) is 0. The van der Waals surface area contributed by atoms with Crippen LogP contribution in [0.15, 0.2) is 24.4 Å². The number of pyridine rings is 2. The lowest BCUT2D eigenvalue weighted by Gasteiger charge is -2.08. The molecule has 2 aromatic heterocycles. The van der Waals surface area contributed by atoms with Crippen molar-refractivity contribution < 1.29 is 4.92 Å². The van der Waals surface area contributed by atoms with Gasteiger partial charge in [-0.2, -0.15) is 0 Å². The second-order valence-electron chi connectivity index (χ2n) is 4.09. The lowest BCUT2D eigenvalue weighted by Crippen LogP contribution is -1.98. The maximum absolute atomic E-state index is 10.9. The highest BCUT2D eigenvalue weighted by Crippen LogP contribution is 2.31. The predicted molar refractivity (Wildman–Crippen MR) is 73.2 cm³/mol. The zero-order valence-corrected chi connectivity index (χ0v) is 11.3. The fourth-order valence-electron chi connectivity index (χ4n) is 1.88. The van der Waals surface area contributed by atoms with E-state index in [0.717, 1.165) is 22.5 Å². The quantitative estimate of drug-likeness (QED) is 0.488. The van der Waals surface area contributed by atoms with Gasteiger partial charge in [-0.25, -0.2) is 4.98 Å². The first-order chi connectivity index (χ1) is 9.02. The van der Waals surface area contributed by atoms with Crippen molar-refractivity contribution in [3.63, 3.8) is 0 Å². The molecular weight excluding hydrogens is 266 g/mol. The summed E-state index contributed by atoms with van der Waals surface area (Å²) in [6.45, 7) is 3.80. The summed E-state index contributed by atoms with van der Waals surface area (Å²) in [5.41, 5.74) is 2.99. The summed E-state index contributed by atoms with van der Waals surface area (Å²) in [5, 5.41) is 10.9. The third-order valence-corrected chi connectivity index (χ3v) is 3.05. The van der Waals surface area contributed by atoms with Crippen LogP contribution in [0.4, 0.5) is 5.69 Å². The second kappa shape index (κ2) is 5.32. The van der Waals surface area contributed by atoms with Gasteiger partial charge in [-0.05, 0) is 31.0 Å². The molecule has 0 aliphatic rings. The summed E-state index contributed by atoms with van der Waals surface area (Å²) < 4.78 is 0. The van der Waals surface area contributed by atoms with E-state index in [4.69, 9.17) is 11.6 Å². The number of hydrogen-bond donors (Lipinski definition) is 0. The van der Waals surface area contributed by atoms with Gasteiger partial charge >= 0.3 is 5.69 Å². The van der Waals surface area contributed by atoms with E-state index in [-0.39, 0.29) is 10.8 Å². The van der Waals surface area contributed by atoms with Gasteiger partial charge in [0.2, 0.25) is 5.15 Å². The van der Waals surface area contributed by atoms with Gasteiger partial charge in [0.1, 0.15) is 0 Å². The number of nitro groups is 1. The summed E-state index contributed by atoms with van der Waals surface area (Å²) in [6.07, 6.45) is 2.32. The Bertz CT molecular complexity index is 644. The molecule has 98 valence electrons. The van der Waals surface area contributed by atoms with E-state index in [9.17, 15) is 10.1 Å². The monoisotopic (exact) mass is 277 g/mol. The lowest BCUT2D eigenvalue weighted by atomic mass is 10.0. The first kappa shape index (κ1) is 13.4. The molecule has 2 heterocycles. The number of aryl methyl sites for hydroxylation is 2. The molecule has 0 radical (unpaired) electrons. The van der Waals surface area contributed by atoms with Gasteiger partial charge in [-0.15, -0.1) is 0 Å². The Morgan fingerprint density at radius 1 is 1.42 bits per heavy atom. The zero-order chi connectivity index (χ0) is 14.0. The van der Waals surface area contributed by atoms with Gasteiger partial charge in [0.05, 0.1) is 10.6 Å². The minimum atomic E-state index is -0.522. The minimum absolute atomic E-state index is 0.0728. The van der Waals surface area contributed by atoms with E-state index in [1.807, 2.05) is 19.9 Å². The second-order valence-corrected chi connectivity index (χ2v) is 4.45. The molecule has 0 saturated heterocycles. The number of hydrogen-bond acceptors (Lipinski definition) is 4. The normalized spacial score (nSPS) is 10.5. The Labute approximate surface area is 115 Å². The molecule has 2 aromatic rings. The fraction of sp³-hybridized carbons (Fsp3) is 0.231. The Morgan fingerprint density at radius 2 is 2.16 bits per heavy atom. The van der Waals surface area contributed by atoms with Crippen molar-refractivity contribution >= 4 is 17.3 Å². The van der Waals surface area contributed by atoms with Crippen LogP contribution < -0.4 is 0 Å². The van der Waals surface area contributed by atoms with Gasteiger partial charge in [0, 0.05) is 23.5 Å². The van der Waals surface area contributed by atoms with Crippen molar-refractivity contribution in [3.05, 3.63) is 51.1 Å². The molecule has 5 nitrogen and oxygen atoms in total. The molecule has 19 heavy (non-hydrogen) atoms. The minimum Gasteiger partial charge on any atom is -0.262 e. The van der Waals surface area contributed by atoms with Crippen LogP contribution in [-0.2, 0) is 6.42 Å². The van der Waals surface area contributed by atoms with Crippen molar-refractivity contribution in [2.24, 2.45) is 0 Å². The topological polar surface area (TPSA) is 68.9 Å². The van der Waals surface area contributed by atoms with E-state index < -0.39 is 4.92 Å². The van der Waals surface area contributed by atoms with Gasteiger partial charge in [0.15, 0.2) is 0 Å². The number of aromatic nitrogens is 2. The third-order valence-electron chi connectivity index (χ3n) is 2.78. The Morgan fingerprint density at radius 3 is 2.74 bits per heavy atom. The van der Waals surface area contributed by atoms with Gasteiger partial charge in [-0.3, -0.25) is 15.1 Å². The van der Waals surface area contributed by atoms with E-state index in [2.05, 4.69) is 9.97 Å². The summed E-state index contributed by atoms with van der Waals surface area (Å²) >= 11 is 5.83. The summed E-state index contributed by atoms with van der Waals surface area (Å²) in [4.78, 5) is 18.7. The molecule has 0 atom stereocenters. The van der Waals surface area contributed by atoms with E-state index in [1.165, 1.54) is 6.07 Å². The van der Waals surface area contributed by atoms with Crippen molar-refractivity contribution in [3.8, 4) is 11.1 Å². The Balaban J connectivity index is 2.67. The Kier molecular flexibility index (Phi) is 3.76. The van der Waals surface area contributed by atoms with Gasteiger partial charge < -0.3 is 0 Å². The average Bonchev–Trinajstić information content (AvgIpc) is 2.37. The van der Waals surface area contributed by atoms with Crippen LogP contribution in [-0.4, -0.2) is 14.9 Å². The molecular formula is C13H12ClN3O2. The molecule has 0 amide bonds. The SMILES string of the molecule is CCc1nc(Cl)c([N+](=O)[O-])cc1-c1ccnc(C)c1. The lowest BCUT2D eigenvalue weighted by molar-refractivity contribution is -0.385. The van der Waals surface area contributed by atoms with Crippen molar-refractivity contribution in [2.45, 2.75) is 20.3 Å². The summed E-state index contributed by atoms with van der Waals surface area (Å²) in [5.74, 6) is 0. The maximum Gasteiger partial charge on any atom is 0.307 e. The molecule has 0 fully saturated rings. The van der Waals surface area contributed by atoms with Crippen LogP contribution in [0.25, 0.3) is 11.1 Å². The molecule has 0 saturated carbocycles. The fourth-order valence-corrected chi connectivity index (χ4v) is 2.10. The molecule has 0 aromatic carbocycles. The molecule has 0 aliphatic carbocycles. The molecule has 0 bridgehead atoms. The number of rotatable bonds is 3. The van der Waals surface area contributed by atoms with E-state index in [1.54, 1.807) is 12.3 Å². The van der Waals surface area contributed by atoms with Crippen molar-refractivity contribution in [1.82, 2.24) is 9.97 Å². The van der Waals surface area contributed by atoms with E-state index in [0.29, 0.717) is 6.42 Å². The van der Waals surface area contributed by atoms with Crippen molar-refractivity contribution in [2.75, 3.05) is 0 Å². The standard InChI is InChI=1S/C13H12ClN3O2/c1-3-11-10(9-4-5-15-8(2)6-9)7-12(17(18)19)13(14)16-11/h4-7H,3H2,1-2H3. The van der Waals surface area contributed by atoms with Crippen LogP contribution in [0.1, 0.15) is 18.3 Å². The number of halogens is 1. The van der Waals surface area contributed by atoms with Crippen LogP contribution in [0.3, 0.4) is 0 Å². The predicted octanol–water partition coefficient (Wildman–Crippen LogP) is 3.58. The van der Waals surface area contributed by atoms with Gasteiger partial charge in [-0.1, -0.05) is 18.5 Å². The largest absolute Gasteiger partial charge is 0.307 e. The molecule has 6 heteroatoms. The van der Waals surface area contributed by atoms with Crippen LogP contribution in [0, 0.1) is 17.0 Å². The smallest absolute Gasteiger partial charge is 0.262 e. The highest BCUT2D eigenvalue weighted by molar-refractivity contribution is 6.31. The average molecular weight is 278 g/mol. The van der Waals surface area contributed by atoms with Crippen LogP contribution in [0.2, 0.25) is 5.15 Å². The summed E-state index contributed by atoms with van der Waals surface area (Å²) in [6, 6.07) is 5.15. The zero-order valence-electron chi connectivity index (χ0n) is 10.6. The van der Waals surface area contributed by atoms with Crippen LogP contribution >= 0.6 is 11.6 Å². The molecule has 0 unspecified atom stereocenters. The molecule has 0 N–H and O–H groups in total. The first-order valence-electron chi connectivity index (χ1n) is 5.79. The maximum atomic E-state index is 10.9. The van der Waals surface area contributed by atoms with Crippen LogP contribution in [0.5, 0.6) is 0 Å². The van der Waals surface area contributed by atoms with Gasteiger partial charge in [0.25, 0.3) is 0 Å². The highest BCUT2D eigenvalue weighted by atomic mass is 35.5. The van der Waals surface area contributed by atoms with Crippen molar-refractivity contribution in [1.29, 1.82) is 0 Å². The highest BCUT2D eigenvalue weighted by Gasteiger charge is 2.18. The Hall–Kier alpha value is -2.01. The number of nitrogens with zero attached hydrogens (tertiary/aromatic N) is 3. The third kappa shape index (κ3) is 2.71. The first-order valence-corrected chi connectivity index (χ1v) is 6.17. The molecule has 2 rings (SSSR count). The molecule has 0 aliphatic heterocycles.